The third-order valence-electron chi connectivity index (χ3n) is 3.04. The maximum Gasteiger partial charge on any atom is 0.269 e. The fraction of sp³-hybridized carbons (Fsp3) is 0.538. The monoisotopic (exact) mass is 270 g/mol. The first-order valence-corrected chi connectivity index (χ1v) is 6.49. The lowest BCUT2D eigenvalue weighted by Gasteiger charge is -2.21. The second kappa shape index (κ2) is 6.71. The third kappa shape index (κ3) is 3.96. The van der Waals surface area contributed by atoms with E-state index >= 15 is 0 Å². The van der Waals surface area contributed by atoms with Crippen LogP contribution in [0.15, 0.2) is 18.2 Å². The van der Waals surface area contributed by atoms with Gasteiger partial charge in [-0.05, 0) is 24.0 Å². The molecule has 1 atom stereocenters. The standard InChI is InChI=1S/C13H19ClN2O2/c1-4-13(9(2)3)15-8-10-7-11(16(17)18)5-6-12(10)14/h5-7,9,13,15H,4,8H2,1-3H3. The molecule has 0 aliphatic heterocycles. The quantitative estimate of drug-likeness (QED) is 0.632. The Labute approximate surface area is 112 Å². The normalized spacial score (nSPS) is 12.7. The van der Waals surface area contributed by atoms with Gasteiger partial charge in [0.15, 0.2) is 0 Å². The molecule has 0 heterocycles. The fourth-order valence-corrected chi connectivity index (χ4v) is 2.09. The second-order valence-corrected chi connectivity index (χ2v) is 5.08. The number of hydrogen-bond acceptors (Lipinski definition) is 3. The van der Waals surface area contributed by atoms with Crippen LogP contribution < -0.4 is 5.32 Å². The summed E-state index contributed by atoms with van der Waals surface area (Å²) in [6, 6.07) is 4.92. The molecule has 0 fully saturated rings. The number of benzene rings is 1. The van der Waals surface area contributed by atoms with E-state index in [1.54, 1.807) is 6.07 Å². The molecule has 18 heavy (non-hydrogen) atoms. The summed E-state index contributed by atoms with van der Waals surface area (Å²) in [5.74, 6) is 0.521. The lowest BCUT2D eigenvalue weighted by molar-refractivity contribution is -0.384. The minimum atomic E-state index is -0.403. The van der Waals surface area contributed by atoms with Gasteiger partial charge in [-0.15, -0.1) is 0 Å². The average Bonchev–Trinajstić information content (AvgIpc) is 2.31. The minimum absolute atomic E-state index is 0.0776. The van der Waals surface area contributed by atoms with E-state index < -0.39 is 4.92 Å². The van der Waals surface area contributed by atoms with Crippen molar-refractivity contribution in [3.63, 3.8) is 0 Å². The molecule has 5 heteroatoms. The molecule has 1 aromatic rings. The zero-order chi connectivity index (χ0) is 13.7. The number of non-ortho nitro benzene ring substituents is 1. The Balaban J connectivity index is 2.77. The Hall–Kier alpha value is -1.13. The first-order chi connectivity index (χ1) is 8.45. The fourth-order valence-electron chi connectivity index (χ4n) is 1.90. The van der Waals surface area contributed by atoms with Crippen molar-refractivity contribution >= 4 is 17.3 Å². The summed E-state index contributed by atoms with van der Waals surface area (Å²) in [5.41, 5.74) is 0.846. The predicted octanol–water partition coefficient (Wildman–Crippen LogP) is 3.77. The molecule has 0 saturated heterocycles. The minimum Gasteiger partial charge on any atom is -0.310 e. The Kier molecular flexibility index (Phi) is 5.56. The number of hydrogen-bond donors (Lipinski definition) is 1. The highest BCUT2D eigenvalue weighted by Crippen LogP contribution is 2.22. The van der Waals surface area contributed by atoms with Gasteiger partial charge in [0.1, 0.15) is 0 Å². The first-order valence-electron chi connectivity index (χ1n) is 6.11. The zero-order valence-corrected chi connectivity index (χ0v) is 11.7. The maximum atomic E-state index is 10.7. The molecule has 0 radical (unpaired) electrons. The average molecular weight is 271 g/mol. The van der Waals surface area contributed by atoms with Crippen LogP contribution in [0.2, 0.25) is 5.02 Å². The molecule has 0 aliphatic carbocycles. The van der Waals surface area contributed by atoms with Crippen molar-refractivity contribution in [2.45, 2.75) is 39.8 Å². The third-order valence-corrected chi connectivity index (χ3v) is 3.41. The Morgan fingerprint density at radius 1 is 1.44 bits per heavy atom. The Morgan fingerprint density at radius 2 is 2.11 bits per heavy atom. The van der Waals surface area contributed by atoms with Crippen molar-refractivity contribution in [1.82, 2.24) is 5.32 Å². The molecule has 0 aromatic heterocycles. The van der Waals surface area contributed by atoms with Gasteiger partial charge in [0.25, 0.3) is 5.69 Å². The van der Waals surface area contributed by atoms with Gasteiger partial charge in [-0.3, -0.25) is 10.1 Å². The summed E-state index contributed by atoms with van der Waals surface area (Å²) >= 11 is 6.04. The summed E-state index contributed by atoms with van der Waals surface area (Å²) in [7, 11) is 0. The molecule has 0 saturated carbocycles. The summed E-state index contributed by atoms with van der Waals surface area (Å²) < 4.78 is 0. The van der Waals surface area contributed by atoms with Gasteiger partial charge in [0.2, 0.25) is 0 Å². The molecule has 0 spiro atoms. The van der Waals surface area contributed by atoms with Gasteiger partial charge in [0.05, 0.1) is 4.92 Å². The highest BCUT2D eigenvalue weighted by atomic mass is 35.5. The largest absolute Gasteiger partial charge is 0.310 e. The van der Waals surface area contributed by atoms with Crippen LogP contribution in [0, 0.1) is 16.0 Å². The zero-order valence-electron chi connectivity index (χ0n) is 10.9. The van der Waals surface area contributed by atoms with E-state index in [-0.39, 0.29) is 5.69 Å². The SMILES string of the molecule is CCC(NCc1cc([N+](=O)[O-])ccc1Cl)C(C)C. The summed E-state index contributed by atoms with van der Waals surface area (Å²) in [4.78, 5) is 10.3. The molecule has 1 N–H and O–H groups in total. The van der Waals surface area contributed by atoms with Crippen molar-refractivity contribution < 1.29 is 4.92 Å². The highest BCUT2D eigenvalue weighted by molar-refractivity contribution is 6.31. The van der Waals surface area contributed by atoms with Crippen molar-refractivity contribution in [1.29, 1.82) is 0 Å². The summed E-state index contributed by atoms with van der Waals surface area (Å²) in [6.45, 7) is 6.97. The number of nitro groups is 1. The van der Waals surface area contributed by atoms with E-state index in [4.69, 9.17) is 11.6 Å². The number of nitrogens with zero attached hydrogens (tertiary/aromatic N) is 1. The van der Waals surface area contributed by atoms with Crippen molar-refractivity contribution in [3.8, 4) is 0 Å². The van der Waals surface area contributed by atoms with E-state index in [9.17, 15) is 10.1 Å². The van der Waals surface area contributed by atoms with Crippen LogP contribution in [0.5, 0.6) is 0 Å². The molecule has 1 unspecified atom stereocenters. The van der Waals surface area contributed by atoms with Crippen molar-refractivity contribution in [2.75, 3.05) is 0 Å². The maximum absolute atomic E-state index is 10.7. The van der Waals surface area contributed by atoms with E-state index in [1.807, 2.05) is 0 Å². The molecular formula is C13H19ClN2O2. The molecule has 1 rings (SSSR count). The van der Waals surface area contributed by atoms with Gasteiger partial charge >= 0.3 is 0 Å². The van der Waals surface area contributed by atoms with Gasteiger partial charge in [-0.25, -0.2) is 0 Å². The summed E-state index contributed by atoms with van der Waals surface area (Å²) in [5, 5.41) is 14.7. The van der Waals surface area contributed by atoms with Gasteiger partial charge < -0.3 is 5.32 Å². The van der Waals surface area contributed by atoms with Crippen LogP contribution in [0.4, 0.5) is 5.69 Å². The van der Waals surface area contributed by atoms with Crippen molar-refractivity contribution in [3.05, 3.63) is 38.9 Å². The lowest BCUT2D eigenvalue weighted by atomic mass is 10.0. The van der Waals surface area contributed by atoms with Crippen LogP contribution in [0.25, 0.3) is 0 Å². The number of rotatable bonds is 6. The van der Waals surface area contributed by atoms with E-state index in [1.165, 1.54) is 12.1 Å². The molecule has 0 amide bonds. The van der Waals surface area contributed by atoms with Crippen molar-refractivity contribution in [2.24, 2.45) is 5.92 Å². The first kappa shape index (κ1) is 14.9. The van der Waals surface area contributed by atoms with Crippen LogP contribution in [0.1, 0.15) is 32.8 Å². The topological polar surface area (TPSA) is 55.2 Å². The second-order valence-electron chi connectivity index (χ2n) is 4.67. The molecule has 4 nitrogen and oxygen atoms in total. The Morgan fingerprint density at radius 3 is 2.61 bits per heavy atom. The molecule has 0 bridgehead atoms. The smallest absolute Gasteiger partial charge is 0.269 e. The van der Waals surface area contributed by atoms with E-state index in [0.29, 0.717) is 23.5 Å². The van der Waals surface area contributed by atoms with Crippen LogP contribution in [-0.4, -0.2) is 11.0 Å². The number of nitrogens with one attached hydrogen (secondary N) is 1. The van der Waals surface area contributed by atoms with Crippen LogP contribution in [-0.2, 0) is 6.54 Å². The number of nitro benzene ring substituents is 1. The van der Waals surface area contributed by atoms with Crippen LogP contribution in [0.3, 0.4) is 0 Å². The van der Waals surface area contributed by atoms with E-state index in [2.05, 4.69) is 26.1 Å². The summed E-state index contributed by atoms with van der Waals surface area (Å²) in [6.07, 6.45) is 1.02. The van der Waals surface area contributed by atoms with Gasteiger partial charge in [-0.1, -0.05) is 32.4 Å². The molecule has 100 valence electrons. The van der Waals surface area contributed by atoms with E-state index in [0.717, 1.165) is 12.0 Å². The highest BCUT2D eigenvalue weighted by Gasteiger charge is 2.13. The number of halogens is 1. The predicted molar refractivity (Wildman–Crippen MR) is 73.9 cm³/mol. The molecule has 1 aromatic carbocycles. The Bertz CT molecular complexity index is 421. The molecule has 0 aliphatic rings. The lowest BCUT2D eigenvalue weighted by Crippen LogP contribution is -2.32. The van der Waals surface area contributed by atoms with Gasteiger partial charge in [-0.2, -0.15) is 0 Å². The van der Waals surface area contributed by atoms with Gasteiger partial charge in [0, 0.05) is 29.7 Å². The molecular weight excluding hydrogens is 252 g/mol. The van der Waals surface area contributed by atoms with Crippen LogP contribution >= 0.6 is 11.6 Å².